The second kappa shape index (κ2) is 15.2. The van der Waals surface area contributed by atoms with E-state index in [1.54, 1.807) is 0 Å². The van der Waals surface area contributed by atoms with Crippen molar-refractivity contribution in [1.29, 1.82) is 0 Å². The number of carbonyl (C=O) groups excluding carboxylic acids is 4. The third-order valence-electron chi connectivity index (χ3n) is 11.7. The number of anilines is 1. The van der Waals surface area contributed by atoms with Gasteiger partial charge in [-0.15, -0.1) is 0 Å². The van der Waals surface area contributed by atoms with Crippen molar-refractivity contribution in [3.63, 3.8) is 0 Å². The van der Waals surface area contributed by atoms with Crippen molar-refractivity contribution in [1.82, 2.24) is 25.4 Å². The normalized spacial score (nSPS) is 22.5. The molecule has 304 valence electrons. The summed E-state index contributed by atoms with van der Waals surface area (Å²) in [6, 6.07) is 9.40. The summed E-state index contributed by atoms with van der Waals surface area (Å²) in [5.74, 6) is -2.71. The van der Waals surface area contributed by atoms with Gasteiger partial charge in [-0.05, 0) is 67.1 Å². The number of hydrogen-bond acceptors (Lipinski definition) is 10. The van der Waals surface area contributed by atoms with Crippen molar-refractivity contribution in [2.24, 2.45) is 17.8 Å². The van der Waals surface area contributed by atoms with Gasteiger partial charge < -0.3 is 34.6 Å². The molecule has 3 atom stereocenters. The summed E-state index contributed by atoms with van der Waals surface area (Å²) in [6.45, 7) is 0.324. The van der Waals surface area contributed by atoms with Gasteiger partial charge in [-0.25, -0.2) is 13.8 Å². The lowest BCUT2D eigenvalue weighted by atomic mass is 9.79. The first-order valence-corrected chi connectivity index (χ1v) is 19.2. The smallest absolute Gasteiger partial charge is 0.416 e. The molecule has 8 rings (SSSR count). The Morgan fingerprint density at radius 3 is 2.37 bits per heavy atom. The number of likely N-dealkylation sites (tertiary alicyclic amines) is 1. The van der Waals surface area contributed by atoms with E-state index in [0.29, 0.717) is 0 Å². The fourth-order valence-electron chi connectivity index (χ4n) is 8.41. The van der Waals surface area contributed by atoms with Gasteiger partial charge in [0.05, 0.1) is 18.3 Å². The number of halogens is 4. The van der Waals surface area contributed by atoms with E-state index in [9.17, 15) is 32.3 Å². The number of alkyl halides is 3. The van der Waals surface area contributed by atoms with Crippen molar-refractivity contribution in [3.8, 4) is 5.75 Å². The molecule has 2 aromatic carbocycles. The molecule has 1 aromatic heterocycles. The number of carbonyl (C=O) groups is 4. The van der Waals surface area contributed by atoms with Crippen LogP contribution in [0.3, 0.4) is 0 Å². The molecule has 14 nitrogen and oxygen atoms in total. The lowest BCUT2D eigenvalue weighted by Gasteiger charge is -2.50. The molecule has 1 spiro atoms. The molecule has 2 saturated carbocycles. The summed E-state index contributed by atoms with van der Waals surface area (Å²) in [7, 11) is 0. The SMILES string of the molecule is Cc1nonc1C(=O)N[C@H](C(=O)Nc1cc2c(cc1F)C(N1CC(C(F)(F)F)OCC1=O)CC1(CCN(C(=O)OCc3ccccc3)CC1)O2)C(C1CC1)C1CC1. The lowest BCUT2D eigenvalue weighted by molar-refractivity contribution is -0.238. The number of morpholine rings is 1. The monoisotopic (exact) mass is 798 g/mol. The van der Waals surface area contributed by atoms with Gasteiger partial charge in [-0.2, -0.15) is 13.2 Å². The summed E-state index contributed by atoms with van der Waals surface area (Å²) < 4.78 is 79.6. The van der Waals surface area contributed by atoms with E-state index in [1.807, 2.05) is 30.3 Å². The van der Waals surface area contributed by atoms with E-state index in [1.165, 1.54) is 17.9 Å². The van der Waals surface area contributed by atoms with Crippen LogP contribution in [0.2, 0.25) is 0 Å². The number of ether oxygens (including phenoxy) is 3. The Balaban J connectivity index is 1.06. The van der Waals surface area contributed by atoms with Crippen LogP contribution < -0.4 is 15.4 Å². The molecular weight excluding hydrogens is 756 g/mol. The lowest BCUT2D eigenvalue weighted by Crippen LogP contribution is -2.57. The first kappa shape index (κ1) is 38.6. The summed E-state index contributed by atoms with van der Waals surface area (Å²) in [6.07, 6.45) is -3.57. The molecule has 4 heterocycles. The maximum absolute atomic E-state index is 16.2. The van der Waals surface area contributed by atoms with Gasteiger partial charge in [0.15, 0.2) is 11.8 Å². The van der Waals surface area contributed by atoms with Crippen LogP contribution in [0.1, 0.15) is 78.3 Å². The van der Waals surface area contributed by atoms with Crippen LogP contribution in [-0.2, 0) is 25.7 Å². The van der Waals surface area contributed by atoms with Crippen LogP contribution in [0.15, 0.2) is 47.1 Å². The Labute approximate surface area is 324 Å². The number of aromatic nitrogens is 2. The van der Waals surface area contributed by atoms with Crippen molar-refractivity contribution < 1.29 is 55.6 Å². The molecular formula is C39H42F4N6O8. The third-order valence-corrected chi connectivity index (χ3v) is 11.7. The van der Waals surface area contributed by atoms with Gasteiger partial charge in [0.25, 0.3) is 5.91 Å². The molecule has 2 unspecified atom stereocenters. The van der Waals surface area contributed by atoms with E-state index < -0.39 is 72.7 Å². The highest BCUT2D eigenvalue weighted by atomic mass is 19.4. The number of rotatable bonds is 10. The van der Waals surface area contributed by atoms with E-state index in [2.05, 4.69) is 25.6 Å². The number of amides is 4. The fourth-order valence-corrected chi connectivity index (χ4v) is 8.41. The molecule has 5 aliphatic rings. The zero-order chi connectivity index (χ0) is 40.1. The topological polar surface area (TPSA) is 165 Å². The molecule has 4 fully saturated rings. The summed E-state index contributed by atoms with van der Waals surface area (Å²) in [5.41, 5.74) is -0.265. The first-order valence-electron chi connectivity index (χ1n) is 19.2. The minimum Gasteiger partial charge on any atom is -0.487 e. The van der Waals surface area contributed by atoms with E-state index in [0.717, 1.165) is 42.2 Å². The zero-order valence-electron chi connectivity index (χ0n) is 31.1. The average Bonchev–Trinajstić information content (AvgIpc) is 4.14. The van der Waals surface area contributed by atoms with Crippen LogP contribution in [0, 0.1) is 30.5 Å². The molecule has 0 radical (unpaired) electrons. The predicted octanol–water partition coefficient (Wildman–Crippen LogP) is 5.48. The van der Waals surface area contributed by atoms with E-state index >= 15 is 4.39 Å². The quantitative estimate of drug-likeness (QED) is 0.251. The molecule has 4 amide bonds. The maximum atomic E-state index is 16.2. The highest BCUT2D eigenvalue weighted by Gasteiger charge is 2.52. The first-order chi connectivity index (χ1) is 27.3. The molecule has 0 bridgehead atoms. The number of fused-ring (bicyclic) bond motifs is 1. The zero-order valence-corrected chi connectivity index (χ0v) is 31.1. The van der Waals surface area contributed by atoms with Crippen LogP contribution in [-0.4, -0.2) is 94.1 Å². The molecule has 2 N–H and O–H groups in total. The molecule has 2 saturated heterocycles. The Bertz CT molecular complexity index is 2000. The number of nitrogens with one attached hydrogen (secondary N) is 2. The Morgan fingerprint density at radius 1 is 1.04 bits per heavy atom. The number of hydrogen-bond donors (Lipinski definition) is 2. The molecule has 3 aromatic rings. The second-order valence-corrected chi connectivity index (χ2v) is 15.7. The van der Waals surface area contributed by atoms with Crippen LogP contribution >= 0.6 is 0 Å². The van der Waals surface area contributed by atoms with Crippen LogP contribution in [0.4, 0.5) is 28.0 Å². The predicted molar refractivity (Wildman–Crippen MR) is 190 cm³/mol. The molecule has 18 heteroatoms. The van der Waals surface area contributed by atoms with Gasteiger partial charge in [-0.3, -0.25) is 14.4 Å². The van der Waals surface area contributed by atoms with E-state index in [4.69, 9.17) is 14.2 Å². The number of nitrogens with zero attached hydrogens (tertiary/aromatic N) is 4. The summed E-state index contributed by atoms with van der Waals surface area (Å²) in [4.78, 5) is 56.3. The van der Waals surface area contributed by atoms with Gasteiger partial charge in [0.2, 0.25) is 11.8 Å². The second-order valence-electron chi connectivity index (χ2n) is 15.7. The number of aryl methyl sites for hydroxylation is 1. The standard InChI is InChI=1S/C39H42F4N6O8/c1-21-33(47-57-46-21)35(51)45-34(32(23-7-8-23)24-9-10-24)36(52)44-27-16-29-25(15-26(27)40)28(49-18-30(39(41,42)43)54-20-31(49)50)17-38(56-29)11-13-48(14-12-38)37(53)55-19-22-5-3-2-4-6-22/h2-6,15-16,23-24,28,30,32,34H,7-14,17-20H2,1H3,(H,44,52)(H,45,51)/t28?,30?,34-/m0/s1. The van der Waals surface area contributed by atoms with Crippen LogP contribution in [0.25, 0.3) is 0 Å². The Morgan fingerprint density at radius 2 is 1.74 bits per heavy atom. The fraction of sp³-hybridized carbons (Fsp3) is 0.538. The van der Waals surface area contributed by atoms with Crippen molar-refractivity contribution in [2.75, 3.05) is 31.6 Å². The highest BCUT2D eigenvalue weighted by Crippen LogP contribution is 2.52. The molecule has 3 aliphatic heterocycles. The molecule has 57 heavy (non-hydrogen) atoms. The van der Waals surface area contributed by atoms with Gasteiger partial charge in [0, 0.05) is 44.0 Å². The van der Waals surface area contributed by atoms with Crippen molar-refractivity contribution >= 4 is 29.5 Å². The molecule has 2 aliphatic carbocycles. The largest absolute Gasteiger partial charge is 0.487 e. The van der Waals surface area contributed by atoms with Crippen molar-refractivity contribution in [2.45, 2.75) is 88.4 Å². The number of piperidine rings is 1. The maximum Gasteiger partial charge on any atom is 0.416 e. The average molecular weight is 799 g/mol. The van der Waals surface area contributed by atoms with Crippen LogP contribution in [0.5, 0.6) is 5.75 Å². The van der Waals surface area contributed by atoms with E-state index in [-0.39, 0.29) is 85.1 Å². The number of benzene rings is 2. The minimum absolute atomic E-state index is 0.0171. The minimum atomic E-state index is -4.76. The van der Waals surface area contributed by atoms with Gasteiger partial charge >= 0.3 is 12.3 Å². The highest BCUT2D eigenvalue weighted by molar-refractivity contribution is 6.01. The summed E-state index contributed by atoms with van der Waals surface area (Å²) in [5, 5.41) is 12.8. The summed E-state index contributed by atoms with van der Waals surface area (Å²) >= 11 is 0. The Hall–Kier alpha value is -5.26. The third kappa shape index (κ3) is 8.27. The van der Waals surface area contributed by atoms with Gasteiger partial charge in [0.1, 0.15) is 42.1 Å². The van der Waals surface area contributed by atoms with Crippen molar-refractivity contribution in [3.05, 3.63) is 70.8 Å². The Kier molecular flexibility index (Phi) is 10.3. The van der Waals surface area contributed by atoms with Gasteiger partial charge in [-0.1, -0.05) is 35.5 Å².